The lowest BCUT2D eigenvalue weighted by Crippen LogP contribution is -2.28. The van der Waals surface area contributed by atoms with Crippen molar-refractivity contribution in [2.75, 3.05) is 30.4 Å². The zero-order chi connectivity index (χ0) is 22.7. The van der Waals surface area contributed by atoms with E-state index in [0.29, 0.717) is 23.3 Å². The van der Waals surface area contributed by atoms with Crippen molar-refractivity contribution in [2.45, 2.75) is 27.7 Å². The van der Waals surface area contributed by atoms with Crippen molar-refractivity contribution in [3.8, 4) is 23.1 Å². The van der Waals surface area contributed by atoms with E-state index in [1.807, 2.05) is 36.1 Å². The number of imidazole rings is 1. The number of nitrogens with zero attached hydrogens (tertiary/aromatic N) is 5. The number of H-pyrrole nitrogens is 2. The van der Waals surface area contributed by atoms with Crippen molar-refractivity contribution >= 4 is 17.3 Å². The largest absolute Gasteiger partial charge is 0.478 e. The molecule has 0 aliphatic heterocycles. The van der Waals surface area contributed by atoms with E-state index in [0.717, 1.165) is 35.7 Å². The lowest BCUT2D eigenvalue weighted by molar-refractivity contribution is -0.595. The third kappa shape index (κ3) is 4.27. The molecule has 0 saturated heterocycles. The summed E-state index contributed by atoms with van der Waals surface area (Å²) in [4.78, 5) is 14.7. The fourth-order valence-corrected chi connectivity index (χ4v) is 3.59. The molecule has 0 spiro atoms. The maximum Gasteiger partial charge on any atom is 0.262 e. The van der Waals surface area contributed by atoms with E-state index in [9.17, 15) is 0 Å². The first-order valence-electron chi connectivity index (χ1n) is 10.7. The van der Waals surface area contributed by atoms with E-state index in [2.05, 4.69) is 74.3 Å². The quantitative estimate of drug-likeness (QED) is 0.367. The van der Waals surface area contributed by atoms with Crippen molar-refractivity contribution in [1.82, 2.24) is 25.1 Å². The number of aryl methyl sites for hydroxylation is 2. The third-order valence-corrected chi connectivity index (χ3v) is 5.40. The summed E-state index contributed by atoms with van der Waals surface area (Å²) in [5.41, 5.74) is 5.78. The lowest BCUT2D eigenvalue weighted by atomic mass is 10.1. The van der Waals surface area contributed by atoms with Gasteiger partial charge >= 0.3 is 0 Å². The van der Waals surface area contributed by atoms with Crippen LogP contribution in [0.3, 0.4) is 0 Å². The van der Waals surface area contributed by atoms with Crippen LogP contribution in [-0.2, 0) is 0 Å². The van der Waals surface area contributed by atoms with Crippen molar-refractivity contribution in [3.05, 3.63) is 54.1 Å². The van der Waals surface area contributed by atoms with Gasteiger partial charge in [-0.05, 0) is 50.6 Å². The van der Waals surface area contributed by atoms with Gasteiger partial charge in [0, 0.05) is 31.4 Å². The number of pyridine rings is 1. The van der Waals surface area contributed by atoms with Gasteiger partial charge in [0.1, 0.15) is 17.6 Å². The number of nitrogens with one attached hydrogen (secondary N) is 3. The maximum atomic E-state index is 5.52. The van der Waals surface area contributed by atoms with Gasteiger partial charge in [0.05, 0.1) is 7.11 Å². The molecule has 0 atom stereocenters. The minimum absolute atomic E-state index is 0.486. The monoisotopic (exact) mass is 433 g/mol. The standard InChI is InChI=1S/C23H28N8O/c1-6-30(7-2)17-9-8-15(3)19(12-17)26-23-27-21(28-29-23)18-10-11-20(22(25-18)32-5)31-13-16(4)24-14-31/h8-14H,6-7H2,1-5H3,(H2,25,26,27,28,29)/p+1. The number of aromatic nitrogens is 6. The first-order valence-corrected chi connectivity index (χ1v) is 10.7. The molecule has 0 aliphatic rings. The van der Waals surface area contributed by atoms with Gasteiger partial charge in [-0.2, -0.15) is 9.55 Å². The fraction of sp³-hybridized carbons (Fsp3) is 0.304. The Labute approximate surface area is 187 Å². The molecular formula is C23H29N8O+. The topological polar surface area (TPSA) is 98.6 Å². The van der Waals surface area contributed by atoms with Crippen LogP contribution >= 0.6 is 0 Å². The van der Waals surface area contributed by atoms with Gasteiger partial charge in [0.25, 0.3) is 5.88 Å². The molecule has 9 heteroatoms. The normalized spacial score (nSPS) is 10.9. The molecule has 1 aromatic carbocycles. The Kier molecular flexibility index (Phi) is 6.07. The number of rotatable bonds is 8. The number of benzene rings is 1. The highest BCUT2D eigenvalue weighted by Crippen LogP contribution is 2.26. The average molecular weight is 434 g/mol. The van der Waals surface area contributed by atoms with Crippen LogP contribution in [0.25, 0.3) is 17.2 Å². The van der Waals surface area contributed by atoms with Crippen molar-refractivity contribution < 1.29 is 9.30 Å². The Balaban J connectivity index is 1.59. The zero-order valence-corrected chi connectivity index (χ0v) is 19.1. The van der Waals surface area contributed by atoms with Gasteiger partial charge in [0.15, 0.2) is 11.5 Å². The van der Waals surface area contributed by atoms with Gasteiger partial charge < -0.3 is 15.0 Å². The summed E-state index contributed by atoms with van der Waals surface area (Å²) in [5, 5.41) is 10.6. The molecule has 9 nitrogen and oxygen atoms in total. The zero-order valence-electron chi connectivity index (χ0n) is 19.1. The number of aromatic amines is 2. The Morgan fingerprint density at radius 3 is 2.59 bits per heavy atom. The Hall–Kier alpha value is -3.88. The number of hydrogen-bond acceptors (Lipinski definition) is 6. The van der Waals surface area contributed by atoms with Gasteiger partial charge in [-0.15, -0.1) is 5.10 Å². The minimum atomic E-state index is 0.486. The maximum absolute atomic E-state index is 5.52. The van der Waals surface area contributed by atoms with Crippen LogP contribution in [0.4, 0.5) is 17.3 Å². The van der Waals surface area contributed by atoms with Crippen LogP contribution in [0.15, 0.2) is 42.9 Å². The second-order valence-corrected chi connectivity index (χ2v) is 7.52. The van der Waals surface area contributed by atoms with E-state index >= 15 is 0 Å². The Bertz CT molecular complexity index is 1210. The van der Waals surface area contributed by atoms with Crippen LogP contribution in [0, 0.1) is 13.8 Å². The van der Waals surface area contributed by atoms with E-state index in [-0.39, 0.29) is 0 Å². The Morgan fingerprint density at radius 2 is 1.91 bits per heavy atom. The smallest absolute Gasteiger partial charge is 0.262 e. The van der Waals surface area contributed by atoms with Crippen LogP contribution in [0.5, 0.6) is 5.88 Å². The van der Waals surface area contributed by atoms with Gasteiger partial charge in [-0.25, -0.2) is 9.97 Å². The molecular weight excluding hydrogens is 404 g/mol. The van der Waals surface area contributed by atoms with Gasteiger partial charge in [-0.3, -0.25) is 5.10 Å². The number of hydrogen-bond donors (Lipinski definition) is 3. The van der Waals surface area contributed by atoms with Crippen LogP contribution in [-0.4, -0.2) is 45.3 Å². The first kappa shape index (κ1) is 21.4. The van der Waals surface area contributed by atoms with E-state index < -0.39 is 0 Å². The fourth-order valence-electron chi connectivity index (χ4n) is 3.59. The molecule has 32 heavy (non-hydrogen) atoms. The highest BCUT2D eigenvalue weighted by atomic mass is 16.5. The van der Waals surface area contributed by atoms with Crippen molar-refractivity contribution in [3.63, 3.8) is 0 Å². The van der Waals surface area contributed by atoms with E-state index in [1.165, 1.54) is 5.69 Å². The van der Waals surface area contributed by atoms with Crippen LogP contribution < -0.4 is 19.5 Å². The van der Waals surface area contributed by atoms with Crippen LogP contribution in [0.1, 0.15) is 25.1 Å². The predicted octanol–water partition coefficient (Wildman–Crippen LogP) is 3.69. The van der Waals surface area contributed by atoms with Crippen molar-refractivity contribution in [1.29, 1.82) is 0 Å². The summed E-state index contributed by atoms with van der Waals surface area (Å²) in [5.74, 6) is 1.55. The average Bonchev–Trinajstić information content (AvgIpc) is 3.45. The summed E-state index contributed by atoms with van der Waals surface area (Å²) < 4.78 is 7.45. The summed E-state index contributed by atoms with van der Waals surface area (Å²) in [7, 11) is 1.61. The minimum Gasteiger partial charge on any atom is -0.478 e. The molecule has 0 aliphatic carbocycles. The molecule has 0 fully saturated rings. The highest BCUT2D eigenvalue weighted by molar-refractivity contribution is 5.66. The summed E-state index contributed by atoms with van der Waals surface area (Å²) in [6.07, 6.45) is 3.84. The van der Waals surface area contributed by atoms with E-state index in [1.54, 1.807) is 7.11 Å². The molecule has 0 bridgehead atoms. The highest BCUT2D eigenvalue weighted by Gasteiger charge is 2.17. The molecule has 4 rings (SSSR count). The molecule has 3 N–H and O–H groups in total. The first-order chi connectivity index (χ1) is 15.5. The van der Waals surface area contributed by atoms with Gasteiger partial charge in [0.2, 0.25) is 12.3 Å². The second kappa shape index (κ2) is 9.09. The number of methoxy groups -OCH3 is 1. The third-order valence-electron chi connectivity index (χ3n) is 5.40. The molecule has 4 aromatic rings. The second-order valence-electron chi connectivity index (χ2n) is 7.52. The molecule has 0 radical (unpaired) electrons. The lowest BCUT2D eigenvalue weighted by Gasteiger charge is -2.22. The summed E-state index contributed by atoms with van der Waals surface area (Å²) in [6, 6.07) is 10.2. The number of ether oxygens (including phenoxy) is 1. The SMILES string of the molecule is CCN(CC)c1ccc(C)c(Nc2n[nH]c(-c3ccc(-[n+]4c[nH]c(C)c4)c(OC)n3)n2)c1. The van der Waals surface area contributed by atoms with Gasteiger partial charge in [-0.1, -0.05) is 6.07 Å². The number of anilines is 3. The predicted molar refractivity (Wildman–Crippen MR) is 125 cm³/mol. The molecule has 0 amide bonds. The molecule has 166 valence electrons. The Morgan fingerprint density at radius 1 is 1.09 bits per heavy atom. The van der Waals surface area contributed by atoms with E-state index in [4.69, 9.17) is 4.74 Å². The summed E-state index contributed by atoms with van der Waals surface area (Å²) >= 11 is 0. The molecule has 0 unspecified atom stereocenters. The molecule has 3 aromatic heterocycles. The molecule has 0 saturated carbocycles. The van der Waals surface area contributed by atoms with Crippen molar-refractivity contribution in [2.24, 2.45) is 0 Å². The molecule has 3 heterocycles. The van der Waals surface area contributed by atoms with Crippen LogP contribution in [0.2, 0.25) is 0 Å². The summed E-state index contributed by atoms with van der Waals surface area (Å²) in [6.45, 7) is 10.3.